The molecule has 0 fully saturated rings. The second-order valence-corrected chi connectivity index (χ2v) is 9.11. The topological polar surface area (TPSA) is 136 Å². The Morgan fingerprint density at radius 3 is 2.19 bits per heavy atom. The Kier molecular flexibility index (Phi) is 4.70. The van der Waals surface area contributed by atoms with Gasteiger partial charge >= 0.3 is 0 Å². The van der Waals surface area contributed by atoms with Crippen LogP contribution >= 0.6 is 0 Å². The molecule has 2 aromatic heterocycles. The molecule has 27 heavy (non-hydrogen) atoms. The van der Waals surface area contributed by atoms with Crippen LogP contribution in [0.1, 0.15) is 11.5 Å². The van der Waals surface area contributed by atoms with Crippen molar-refractivity contribution in [1.29, 1.82) is 0 Å². The Hall–Kier alpha value is -2.86. The van der Waals surface area contributed by atoms with Crippen LogP contribution in [0.5, 0.6) is 0 Å². The van der Waals surface area contributed by atoms with E-state index in [1.807, 2.05) is 0 Å². The fourth-order valence-corrected chi connectivity index (χ4v) is 4.51. The summed E-state index contributed by atoms with van der Waals surface area (Å²) in [4.78, 5) is -0.00609. The summed E-state index contributed by atoms with van der Waals surface area (Å²) < 4.78 is 60.5. The maximum absolute atomic E-state index is 12.4. The monoisotopic (exact) mass is 411 g/mol. The molecule has 3 aromatic rings. The first-order valence-electron chi connectivity index (χ1n) is 7.66. The minimum absolute atomic E-state index is 0.0461. The van der Waals surface area contributed by atoms with Crippen molar-refractivity contribution < 1.29 is 21.4 Å². The Balaban J connectivity index is 1.80. The van der Waals surface area contributed by atoms with Crippen LogP contribution in [0.2, 0.25) is 0 Å². The number of sulfonamides is 2. The summed E-state index contributed by atoms with van der Waals surface area (Å²) in [7, 11) is -6.08. The van der Waals surface area contributed by atoms with Crippen molar-refractivity contribution >= 4 is 31.6 Å². The molecular formula is C15H17N5O5S2. The number of aryl methyl sites for hydroxylation is 2. The number of benzene rings is 1. The second-order valence-electron chi connectivity index (χ2n) is 5.78. The first kappa shape index (κ1) is 18.9. The van der Waals surface area contributed by atoms with Crippen molar-refractivity contribution in [3.8, 4) is 0 Å². The van der Waals surface area contributed by atoms with Gasteiger partial charge in [-0.1, -0.05) is 5.16 Å². The molecule has 0 atom stereocenters. The molecule has 0 bridgehead atoms. The van der Waals surface area contributed by atoms with Crippen molar-refractivity contribution in [3.63, 3.8) is 0 Å². The average Bonchev–Trinajstić information content (AvgIpc) is 3.13. The summed E-state index contributed by atoms with van der Waals surface area (Å²) in [6.07, 6.45) is 1.25. The van der Waals surface area contributed by atoms with Crippen LogP contribution in [0.25, 0.3) is 0 Å². The Morgan fingerprint density at radius 2 is 1.67 bits per heavy atom. The van der Waals surface area contributed by atoms with Crippen molar-refractivity contribution in [2.45, 2.75) is 23.6 Å². The predicted octanol–water partition coefficient (Wildman–Crippen LogP) is 1.63. The highest BCUT2D eigenvalue weighted by atomic mass is 32.2. The van der Waals surface area contributed by atoms with E-state index in [9.17, 15) is 16.8 Å². The van der Waals surface area contributed by atoms with Gasteiger partial charge < -0.3 is 4.52 Å². The maximum atomic E-state index is 12.4. The summed E-state index contributed by atoms with van der Waals surface area (Å²) in [6, 6.07) is 6.71. The van der Waals surface area contributed by atoms with Crippen LogP contribution in [-0.4, -0.2) is 31.8 Å². The van der Waals surface area contributed by atoms with Crippen molar-refractivity contribution in [2.75, 3.05) is 9.44 Å². The highest BCUT2D eigenvalue weighted by molar-refractivity contribution is 7.93. The van der Waals surface area contributed by atoms with E-state index in [1.54, 1.807) is 20.9 Å². The zero-order valence-electron chi connectivity index (χ0n) is 14.7. The minimum atomic E-state index is -3.88. The summed E-state index contributed by atoms with van der Waals surface area (Å²) in [5.74, 6) is 0.521. The number of nitrogens with zero attached hydrogens (tertiary/aromatic N) is 3. The number of anilines is 2. The number of rotatable bonds is 6. The van der Waals surface area contributed by atoms with Gasteiger partial charge in [0.2, 0.25) is 0 Å². The standard InChI is InChI=1S/C15H17N5O5S2/c1-10-8-15(17-25-10)19-26(21,22)13-6-4-12(5-7-13)18-27(23,24)14-9-16-20(3)11(14)2/h4-9,18H,1-3H3,(H,17,19). The highest BCUT2D eigenvalue weighted by Gasteiger charge is 2.21. The fraction of sp³-hybridized carbons (Fsp3) is 0.200. The van der Waals surface area contributed by atoms with Gasteiger partial charge in [-0.15, -0.1) is 0 Å². The molecule has 12 heteroatoms. The van der Waals surface area contributed by atoms with Gasteiger partial charge in [0.15, 0.2) is 5.82 Å². The number of hydrogen-bond donors (Lipinski definition) is 2. The molecule has 0 aliphatic carbocycles. The van der Waals surface area contributed by atoms with E-state index < -0.39 is 20.0 Å². The molecule has 0 aliphatic heterocycles. The largest absolute Gasteiger partial charge is 0.360 e. The van der Waals surface area contributed by atoms with E-state index >= 15 is 0 Å². The maximum Gasteiger partial charge on any atom is 0.265 e. The van der Waals surface area contributed by atoms with Crippen LogP contribution in [-0.2, 0) is 27.1 Å². The van der Waals surface area contributed by atoms with Crippen LogP contribution < -0.4 is 9.44 Å². The van der Waals surface area contributed by atoms with E-state index in [-0.39, 0.29) is 21.3 Å². The summed E-state index contributed by atoms with van der Waals surface area (Å²) in [5, 5.41) is 7.48. The predicted molar refractivity (Wildman–Crippen MR) is 97.2 cm³/mol. The molecule has 144 valence electrons. The van der Waals surface area contributed by atoms with Gasteiger partial charge in [0.1, 0.15) is 10.7 Å². The lowest BCUT2D eigenvalue weighted by Gasteiger charge is -2.09. The molecule has 1 aromatic carbocycles. The van der Waals surface area contributed by atoms with E-state index in [4.69, 9.17) is 4.52 Å². The van der Waals surface area contributed by atoms with E-state index in [0.717, 1.165) is 0 Å². The normalized spacial score (nSPS) is 12.1. The number of nitrogens with one attached hydrogen (secondary N) is 2. The third-order valence-corrected chi connectivity index (χ3v) is 6.62. The van der Waals surface area contributed by atoms with E-state index in [2.05, 4.69) is 19.7 Å². The van der Waals surface area contributed by atoms with Gasteiger partial charge in [-0.2, -0.15) is 5.10 Å². The highest BCUT2D eigenvalue weighted by Crippen LogP contribution is 2.21. The third-order valence-electron chi connectivity index (χ3n) is 3.76. The summed E-state index contributed by atoms with van der Waals surface area (Å²) >= 11 is 0. The van der Waals surface area contributed by atoms with Crippen LogP contribution in [0, 0.1) is 13.8 Å². The lowest BCUT2D eigenvalue weighted by molar-refractivity contribution is 0.400. The molecule has 10 nitrogen and oxygen atoms in total. The van der Waals surface area contributed by atoms with Gasteiger partial charge in [0, 0.05) is 18.8 Å². The number of hydrogen-bond acceptors (Lipinski definition) is 7. The van der Waals surface area contributed by atoms with Crippen molar-refractivity contribution in [3.05, 3.63) is 48.0 Å². The Bertz CT molecular complexity index is 1180. The molecule has 2 heterocycles. The first-order chi connectivity index (χ1) is 12.6. The molecule has 0 saturated heterocycles. The minimum Gasteiger partial charge on any atom is -0.360 e. The Labute approximate surface area is 156 Å². The van der Waals surface area contributed by atoms with E-state index in [0.29, 0.717) is 11.5 Å². The molecule has 0 amide bonds. The lowest BCUT2D eigenvalue weighted by Crippen LogP contribution is -2.15. The van der Waals surface area contributed by atoms with Crippen molar-refractivity contribution in [2.24, 2.45) is 7.05 Å². The molecule has 0 spiro atoms. The van der Waals surface area contributed by atoms with Crippen LogP contribution in [0.3, 0.4) is 0 Å². The average molecular weight is 411 g/mol. The lowest BCUT2D eigenvalue weighted by atomic mass is 10.3. The second kappa shape index (κ2) is 6.70. The van der Waals surface area contributed by atoms with Gasteiger partial charge in [0.25, 0.3) is 20.0 Å². The van der Waals surface area contributed by atoms with Crippen LogP contribution in [0.15, 0.2) is 50.8 Å². The zero-order valence-corrected chi connectivity index (χ0v) is 16.3. The molecule has 0 aliphatic rings. The zero-order chi connectivity index (χ0) is 19.8. The smallest absolute Gasteiger partial charge is 0.265 e. The molecule has 2 N–H and O–H groups in total. The van der Waals surface area contributed by atoms with Gasteiger partial charge in [-0.05, 0) is 38.1 Å². The summed E-state index contributed by atoms with van der Waals surface area (Å²) in [5.41, 5.74) is 0.697. The fourth-order valence-electron chi connectivity index (χ4n) is 2.27. The van der Waals surface area contributed by atoms with Gasteiger partial charge in [-0.25, -0.2) is 16.8 Å². The van der Waals surface area contributed by atoms with Crippen molar-refractivity contribution in [1.82, 2.24) is 14.9 Å². The summed E-state index contributed by atoms with van der Waals surface area (Å²) in [6.45, 7) is 3.27. The van der Waals surface area contributed by atoms with Gasteiger partial charge in [0.05, 0.1) is 16.8 Å². The first-order valence-corrected chi connectivity index (χ1v) is 10.6. The molecule has 3 rings (SSSR count). The van der Waals surface area contributed by atoms with E-state index in [1.165, 1.54) is 41.2 Å². The molecular weight excluding hydrogens is 394 g/mol. The van der Waals surface area contributed by atoms with Gasteiger partial charge in [-0.3, -0.25) is 14.1 Å². The quantitative estimate of drug-likeness (QED) is 0.629. The molecule has 0 saturated carbocycles. The third kappa shape index (κ3) is 3.95. The molecule has 0 radical (unpaired) electrons. The SMILES string of the molecule is Cc1cc(NS(=O)(=O)c2ccc(NS(=O)(=O)c3cnn(C)c3C)cc2)no1. The van der Waals surface area contributed by atoms with Crippen LogP contribution in [0.4, 0.5) is 11.5 Å². The Morgan fingerprint density at radius 1 is 1.00 bits per heavy atom. The number of aromatic nitrogens is 3. The molecule has 0 unspecified atom stereocenters.